The van der Waals surface area contributed by atoms with Gasteiger partial charge < -0.3 is 9.05 Å². The van der Waals surface area contributed by atoms with Crippen molar-refractivity contribution in [3.8, 4) is 0 Å². The van der Waals surface area contributed by atoms with Gasteiger partial charge in [-0.05, 0) is 37.8 Å². The van der Waals surface area contributed by atoms with E-state index >= 15 is 0 Å². The van der Waals surface area contributed by atoms with Crippen LogP contribution >= 0.6 is 8.38 Å². The molecule has 2 aliphatic rings. The summed E-state index contributed by atoms with van der Waals surface area (Å²) in [4.78, 5) is 0. The SMILES string of the molecule is c1ccc(P(OC2CC2)OC2CC2)cc1. The van der Waals surface area contributed by atoms with Crippen molar-refractivity contribution in [2.75, 3.05) is 0 Å². The Hall–Kier alpha value is -0.430. The van der Waals surface area contributed by atoms with E-state index in [2.05, 4.69) is 24.3 Å². The van der Waals surface area contributed by atoms with Crippen LogP contribution in [0, 0.1) is 0 Å². The molecule has 15 heavy (non-hydrogen) atoms. The zero-order valence-electron chi connectivity index (χ0n) is 8.63. The van der Waals surface area contributed by atoms with Crippen molar-refractivity contribution in [3.05, 3.63) is 30.3 Å². The molecule has 0 aliphatic heterocycles. The first kappa shape index (κ1) is 9.77. The maximum absolute atomic E-state index is 5.94. The van der Waals surface area contributed by atoms with Gasteiger partial charge in [-0.3, -0.25) is 0 Å². The van der Waals surface area contributed by atoms with E-state index in [1.807, 2.05) is 6.07 Å². The Morgan fingerprint density at radius 3 is 1.87 bits per heavy atom. The molecular formula is C12H15O2P. The second-order valence-electron chi connectivity index (χ2n) is 4.20. The van der Waals surface area contributed by atoms with E-state index in [0.29, 0.717) is 12.2 Å². The second kappa shape index (κ2) is 4.21. The van der Waals surface area contributed by atoms with Crippen LogP contribution in [0.25, 0.3) is 0 Å². The molecule has 1 aromatic rings. The number of rotatable bonds is 5. The molecule has 0 heterocycles. The van der Waals surface area contributed by atoms with E-state index in [1.165, 1.54) is 31.0 Å². The monoisotopic (exact) mass is 222 g/mol. The first-order chi connectivity index (χ1) is 7.42. The summed E-state index contributed by atoms with van der Waals surface area (Å²) in [5.41, 5.74) is 0. The van der Waals surface area contributed by atoms with E-state index in [0.717, 1.165) is 0 Å². The minimum absolute atomic E-state index is 0.468. The number of hydrogen-bond donors (Lipinski definition) is 0. The highest BCUT2D eigenvalue weighted by Crippen LogP contribution is 2.48. The lowest BCUT2D eigenvalue weighted by Gasteiger charge is -2.16. The van der Waals surface area contributed by atoms with Crippen molar-refractivity contribution >= 4 is 13.7 Å². The minimum atomic E-state index is -0.810. The predicted octanol–water partition coefficient (Wildman–Crippen LogP) is 2.98. The summed E-state index contributed by atoms with van der Waals surface area (Å²) in [5.74, 6) is 0. The summed E-state index contributed by atoms with van der Waals surface area (Å²) in [5, 5.41) is 1.21. The highest BCUT2D eigenvalue weighted by atomic mass is 31.2. The summed E-state index contributed by atoms with van der Waals surface area (Å²) in [6.07, 6.45) is 5.77. The van der Waals surface area contributed by atoms with Crippen molar-refractivity contribution in [1.29, 1.82) is 0 Å². The predicted molar refractivity (Wildman–Crippen MR) is 61.2 cm³/mol. The molecule has 0 atom stereocenters. The quantitative estimate of drug-likeness (QED) is 0.713. The van der Waals surface area contributed by atoms with Gasteiger partial charge in [0.25, 0.3) is 0 Å². The molecule has 0 aromatic heterocycles. The Balaban J connectivity index is 1.69. The van der Waals surface area contributed by atoms with Crippen LogP contribution in [0.2, 0.25) is 0 Å². The Labute approximate surface area is 91.5 Å². The van der Waals surface area contributed by atoms with E-state index in [9.17, 15) is 0 Å². The van der Waals surface area contributed by atoms with Gasteiger partial charge in [0.15, 0.2) is 0 Å². The molecule has 0 saturated heterocycles. The van der Waals surface area contributed by atoms with Crippen LogP contribution < -0.4 is 5.30 Å². The van der Waals surface area contributed by atoms with Crippen LogP contribution in [0.4, 0.5) is 0 Å². The smallest absolute Gasteiger partial charge is 0.205 e. The topological polar surface area (TPSA) is 18.5 Å². The molecule has 0 unspecified atom stereocenters. The third kappa shape index (κ3) is 2.78. The van der Waals surface area contributed by atoms with E-state index < -0.39 is 8.38 Å². The van der Waals surface area contributed by atoms with Gasteiger partial charge in [-0.2, -0.15) is 0 Å². The lowest BCUT2D eigenvalue weighted by molar-refractivity contribution is 0.240. The molecule has 1 aromatic carbocycles. The fourth-order valence-corrected chi connectivity index (χ4v) is 2.99. The van der Waals surface area contributed by atoms with E-state index in [-0.39, 0.29) is 0 Å². The molecule has 0 bridgehead atoms. The third-order valence-electron chi connectivity index (χ3n) is 2.51. The first-order valence-electron chi connectivity index (χ1n) is 5.60. The molecule has 3 rings (SSSR count). The summed E-state index contributed by atoms with van der Waals surface area (Å²) < 4.78 is 11.9. The molecule has 2 fully saturated rings. The maximum Gasteiger partial charge on any atom is 0.205 e. The molecule has 0 amide bonds. The zero-order chi connectivity index (χ0) is 10.1. The van der Waals surface area contributed by atoms with Gasteiger partial charge in [-0.25, -0.2) is 0 Å². The van der Waals surface area contributed by atoms with Crippen LogP contribution in [-0.2, 0) is 9.05 Å². The maximum atomic E-state index is 5.94. The van der Waals surface area contributed by atoms with Crippen LogP contribution in [0.5, 0.6) is 0 Å². The second-order valence-corrected chi connectivity index (χ2v) is 5.65. The molecule has 0 radical (unpaired) electrons. The van der Waals surface area contributed by atoms with Crippen molar-refractivity contribution < 1.29 is 9.05 Å². The molecule has 2 saturated carbocycles. The lowest BCUT2D eigenvalue weighted by Crippen LogP contribution is -2.07. The number of hydrogen-bond acceptors (Lipinski definition) is 2. The Bertz CT molecular complexity index is 306. The van der Waals surface area contributed by atoms with Crippen LogP contribution in [0.1, 0.15) is 25.7 Å². The third-order valence-corrected chi connectivity index (χ3v) is 4.20. The standard InChI is InChI=1S/C12H15O2P/c1-2-4-12(5-3-1)15(13-10-6-7-10)14-11-8-9-11/h1-5,10-11H,6-9H2. The van der Waals surface area contributed by atoms with Crippen LogP contribution in [-0.4, -0.2) is 12.2 Å². The Morgan fingerprint density at radius 1 is 0.867 bits per heavy atom. The normalized spacial score (nSPS) is 20.9. The van der Waals surface area contributed by atoms with Gasteiger partial charge in [0.05, 0.1) is 12.2 Å². The summed E-state index contributed by atoms with van der Waals surface area (Å²) in [6.45, 7) is 0. The average Bonchev–Trinajstić information content (AvgIpc) is 3.13. The lowest BCUT2D eigenvalue weighted by atomic mass is 10.4. The van der Waals surface area contributed by atoms with E-state index in [1.54, 1.807) is 0 Å². The molecule has 2 aliphatic carbocycles. The minimum Gasteiger partial charge on any atom is -0.327 e. The first-order valence-corrected chi connectivity index (χ1v) is 6.78. The van der Waals surface area contributed by atoms with Gasteiger partial charge in [-0.15, -0.1) is 0 Å². The summed E-state index contributed by atoms with van der Waals surface area (Å²) >= 11 is 0. The highest BCUT2D eigenvalue weighted by molar-refractivity contribution is 7.56. The summed E-state index contributed by atoms with van der Waals surface area (Å²) in [6, 6.07) is 10.4. The fraction of sp³-hybridized carbons (Fsp3) is 0.500. The Kier molecular flexibility index (Phi) is 2.74. The van der Waals surface area contributed by atoms with Gasteiger partial charge in [0.2, 0.25) is 8.38 Å². The zero-order valence-corrected chi connectivity index (χ0v) is 9.53. The van der Waals surface area contributed by atoms with Crippen molar-refractivity contribution in [3.63, 3.8) is 0 Å². The molecule has 80 valence electrons. The molecule has 3 heteroatoms. The average molecular weight is 222 g/mol. The fourth-order valence-electron chi connectivity index (χ4n) is 1.31. The van der Waals surface area contributed by atoms with Gasteiger partial charge in [0, 0.05) is 5.30 Å². The summed E-state index contributed by atoms with van der Waals surface area (Å²) in [7, 11) is -0.810. The largest absolute Gasteiger partial charge is 0.327 e. The van der Waals surface area contributed by atoms with Crippen molar-refractivity contribution in [1.82, 2.24) is 0 Å². The van der Waals surface area contributed by atoms with Gasteiger partial charge >= 0.3 is 0 Å². The van der Waals surface area contributed by atoms with Crippen molar-refractivity contribution in [2.45, 2.75) is 37.9 Å². The molecular weight excluding hydrogens is 207 g/mol. The van der Waals surface area contributed by atoms with Gasteiger partial charge in [0.1, 0.15) is 0 Å². The van der Waals surface area contributed by atoms with Crippen LogP contribution in [0.15, 0.2) is 30.3 Å². The van der Waals surface area contributed by atoms with Crippen molar-refractivity contribution in [2.24, 2.45) is 0 Å². The Morgan fingerprint density at radius 2 is 1.40 bits per heavy atom. The molecule has 0 N–H and O–H groups in total. The molecule has 2 nitrogen and oxygen atoms in total. The van der Waals surface area contributed by atoms with Crippen LogP contribution in [0.3, 0.4) is 0 Å². The van der Waals surface area contributed by atoms with E-state index in [4.69, 9.17) is 9.05 Å². The number of benzene rings is 1. The van der Waals surface area contributed by atoms with Gasteiger partial charge in [-0.1, -0.05) is 18.2 Å². The molecule has 0 spiro atoms. The highest BCUT2D eigenvalue weighted by Gasteiger charge is 2.33.